The molecule has 1 saturated heterocycles. The second-order valence-electron chi connectivity index (χ2n) is 6.62. The van der Waals surface area contributed by atoms with E-state index >= 15 is 0 Å². The van der Waals surface area contributed by atoms with Gasteiger partial charge in [-0.25, -0.2) is 0 Å². The summed E-state index contributed by atoms with van der Waals surface area (Å²) in [5, 5.41) is 0. The van der Waals surface area contributed by atoms with Crippen molar-refractivity contribution < 1.29 is 47.6 Å². The predicted molar refractivity (Wildman–Crippen MR) is 107 cm³/mol. The van der Waals surface area contributed by atoms with E-state index in [0.29, 0.717) is 10.2 Å². The largest absolute Gasteiger partial charge is 0.463 e. The van der Waals surface area contributed by atoms with Crippen molar-refractivity contribution in [1.29, 1.82) is 0 Å². The Hall–Kier alpha value is -2.66. The molecule has 0 bridgehead atoms. The second-order valence-corrected chi connectivity index (χ2v) is 7.47. The van der Waals surface area contributed by atoms with E-state index in [1.807, 2.05) is 0 Å². The maximum absolute atomic E-state index is 11.8. The molecule has 0 saturated carbocycles. The van der Waals surface area contributed by atoms with Gasteiger partial charge in [-0.1, -0.05) is 12.1 Å². The van der Waals surface area contributed by atoms with E-state index in [1.54, 1.807) is 24.3 Å². The summed E-state index contributed by atoms with van der Waals surface area (Å²) in [5.74, 6) is -2.37. The van der Waals surface area contributed by atoms with Crippen LogP contribution in [0.2, 0.25) is 0 Å². The molecular weight excluding hydrogens is 480 g/mol. The molecule has 11 heteroatoms. The monoisotopic (exact) mass is 502 g/mol. The van der Waals surface area contributed by atoms with E-state index in [1.165, 1.54) is 6.92 Å². The smallest absolute Gasteiger partial charge is 0.303 e. The number of carbonyl (C=O) groups excluding carboxylic acids is 4. The highest BCUT2D eigenvalue weighted by atomic mass is 79.9. The fourth-order valence-electron chi connectivity index (χ4n) is 2.95. The van der Waals surface area contributed by atoms with Crippen LogP contribution in [0.25, 0.3) is 0 Å². The van der Waals surface area contributed by atoms with Crippen LogP contribution in [-0.4, -0.2) is 61.2 Å². The van der Waals surface area contributed by atoms with Gasteiger partial charge in [0.05, 0.1) is 4.47 Å². The zero-order chi connectivity index (χ0) is 23.1. The summed E-state index contributed by atoms with van der Waals surface area (Å²) in [4.78, 5) is 46.6. The van der Waals surface area contributed by atoms with Crippen molar-refractivity contribution >= 4 is 39.8 Å². The zero-order valence-corrected chi connectivity index (χ0v) is 18.9. The van der Waals surface area contributed by atoms with Crippen molar-refractivity contribution in [1.82, 2.24) is 0 Å². The van der Waals surface area contributed by atoms with E-state index in [0.717, 1.165) is 20.8 Å². The summed E-state index contributed by atoms with van der Waals surface area (Å²) in [6, 6.07) is 6.84. The van der Waals surface area contributed by atoms with Crippen LogP contribution in [0.15, 0.2) is 28.7 Å². The molecule has 5 atom stereocenters. The first-order valence-electron chi connectivity index (χ1n) is 9.30. The van der Waals surface area contributed by atoms with Crippen molar-refractivity contribution in [2.75, 3.05) is 6.61 Å². The minimum absolute atomic E-state index is 0.326. The predicted octanol–water partition coefficient (Wildman–Crippen LogP) is 1.91. The third-order valence-corrected chi connectivity index (χ3v) is 4.68. The molecule has 2 unspecified atom stereocenters. The fourth-order valence-corrected chi connectivity index (χ4v) is 3.33. The third kappa shape index (κ3) is 7.21. The number of hydrogen-bond donors (Lipinski definition) is 0. The topological polar surface area (TPSA) is 124 Å². The van der Waals surface area contributed by atoms with E-state index in [-0.39, 0.29) is 6.61 Å². The van der Waals surface area contributed by atoms with Crippen LogP contribution in [0.5, 0.6) is 5.75 Å². The van der Waals surface area contributed by atoms with Crippen LogP contribution >= 0.6 is 15.9 Å². The minimum Gasteiger partial charge on any atom is -0.463 e. The van der Waals surface area contributed by atoms with Crippen LogP contribution in [0.3, 0.4) is 0 Å². The summed E-state index contributed by atoms with van der Waals surface area (Å²) >= 11 is 3.35. The maximum atomic E-state index is 11.8. The molecule has 0 amide bonds. The first-order chi connectivity index (χ1) is 14.6. The van der Waals surface area contributed by atoms with Gasteiger partial charge >= 0.3 is 23.9 Å². The standard InChI is InChI=1S/C20H23BrO10/c1-10(22)26-9-16-17(27-11(2)23)18(28-12(3)24)19(29-13(4)25)20(31-16)30-15-8-6-5-7-14(15)21/h5-8,16-20H,9H2,1-4H3/t16?,17-,18+,19?,20-/m1/s1. The number of para-hydroxylation sites is 1. The van der Waals surface area contributed by atoms with Gasteiger partial charge in [-0.2, -0.15) is 0 Å². The van der Waals surface area contributed by atoms with Crippen LogP contribution < -0.4 is 4.74 Å². The average molecular weight is 503 g/mol. The van der Waals surface area contributed by atoms with E-state index in [2.05, 4.69) is 15.9 Å². The Morgan fingerprint density at radius 2 is 1.39 bits per heavy atom. The van der Waals surface area contributed by atoms with Crippen LogP contribution in [0.1, 0.15) is 27.7 Å². The molecule has 10 nitrogen and oxygen atoms in total. The molecule has 0 spiro atoms. The van der Waals surface area contributed by atoms with Crippen molar-refractivity contribution in [3.63, 3.8) is 0 Å². The number of rotatable bonds is 7. The molecule has 1 heterocycles. The van der Waals surface area contributed by atoms with E-state index in [9.17, 15) is 19.2 Å². The average Bonchev–Trinajstić information content (AvgIpc) is 2.65. The lowest BCUT2D eigenvalue weighted by Gasteiger charge is -2.44. The van der Waals surface area contributed by atoms with Gasteiger partial charge in [-0.3, -0.25) is 19.2 Å². The number of hydrogen-bond acceptors (Lipinski definition) is 10. The molecule has 2 rings (SSSR count). The lowest BCUT2D eigenvalue weighted by atomic mass is 9.98. The van der Waals surface area contributed by atoms with Gasteiger partial charge < -0.3 is 28.4 Å². The van der Waals surface area contributed by atoms with Crippen LogP contribution in [0, 0.1) is 0 Å². The Morgan fingerprint density at radius 1 is 0.839 bits per heavy atom. The molecule has 1 aliphatic rings. The normalized spacial score (nSPS) is 25.1. The molecular formula is C20H23BrO10. The fraction of sp³-hybridized carbons (Fsp3) is 0.500. The van der Waals surface area contributed by atoms with Crippen molar-refractivity contribution in [3.05, 3.63) is 28.7 Å². The number of benzene rings is 1. The lowest BCUT2D eigenvalue weighted by Crippen LogP contribution is -2.63. The summed E-state index contributed by atoms with van der Waals surface area (Å²) in [7, 11) is 0. The van der Waals surface area contributed by atoms with Gasteiger partial charge in [0.25, 0.3) is 0 Å². The SMILES string of the molecule is CC(=O)OCC1O[C@@H](Oc2ccccc2Br)C(OC(C)=O)[C@@H](OC(C)=O)[C@@H]1OC(C)=O. The molecule has 31 heavy (non-hydrogen) atoms. The third-order valence-electron chi connectivity index (χ3n) is 4.03. The molecule has 170 valence electrons. The Balaban J connectivity index is 2.46. The Labute approximate surface area is 187 Å². The van der Waals surface area contributed by atoms with Crippen LogP contribution in [-0.2, 0) is 42.9 Å². The van der Waals surface area contributed by atoms with Gasteiger partial charge in [-0.05, 0) is 28.1 Å². The van der Waals surface area contributed by atoms with Crippen molar-refractivity contribution in [2.24, 2.45) is 0 Å². The molecule has 0 aromatic heterocycles. The van der Waals surface area contributed by atoms with Gasteiger partial charge in [0, 0.05) is 27.7 Å². The zero-order valence-electron chi connectivity index (χ0n) is 17.4. The first kappa shape index (κ1) is 24.6. The number of halogens is 1. The summed E-state index contributed by atoms with van der Waals surface area (Å²) in [6.45, 7) is 4.33. The molecule has 1 aromatic carbocycles. The van der Waals surface area contributed by atoms with E-state index < -0.39 is 54.6 Å². The van der Waals surface area contributed by atoms with Crippen molar-refractivity contribution in [2.45, 2.75) is 58.4 Å². The summed E-state index contributed by atoms with van der Waals surface area (Å²) in [6.07, 6.45) is -6.15. The molecule has 1 aliphatic heterocycles. The number of esters is 4. The molecule has 0 aliphatic carbocycles. The van der Waals surface area contributed by atoms with Gasteiger partial charge in [0.2, 0.25) is 12.4 Å². The highest BCUT2D eigenvalue weighted by Gasteiger charge is 2.53. The Bertz CT molecular complexity index is 826. The van der Waals surface area contributed by atoms with Gasteiger partial charge in [0.15, 0.2) is 12.2 Å². The maximum Gasteiger partial charge on any atom is 0.303 e. The van der Waals surface area contributed by atoms with E-state index in [4.69, 9.17) is 28.4 Å². The highest BCUT2D eigenvalue weighted by Crippen LogP contribution is 2.33. The minimum atomic E-state index is -1.29. The van der Waals surface area contributed by atoms with Crippen LogP contribution in [0.4, 0.5) is 0 Å². The number of carbonyl (C=O) groups is 4. The van der Waals surface area contributed by atoms with Gasteiger partial charge in [-0.15, -0.1) is 0 Å². The molecule has 0 N–H and O–H groups in total. The van der Waals surface area contributed by atoms with Gasteiger partial charge in [0.1, 0.15) is 18.5 Å². The molecule has 1 aromatic rings. The summed E-state index contributed by atoms with van der Waals surface area (Å²) < 4.78 is 33.3. The molecule has 0 radical (unpaired) electrons. The molecule has 1 fully saturated rings. The quantitative estimate of drug-likeness (QED) is 0.403. The Morgan fingerprint density at radius 3 is 1.94 bits per heavy atom. The second kappa shape index (κ2) is 11.1. The highest BCUT2D eigenvalue weighted by molar-refractivity contribution is 9.10. The summed E-state index contributed by atoms with van der Waals surface area (Å²) in [5.41, 5.74) is 0. The first-order valence-corrected chi connectivity index (χ1v) is 10.1. The lowest BCUT2D eigenvalue weighted by molar-refractivity contribution is -0.288. The Kier molecular flexibility index (Phi) is 8.81. The number of ether oxygens (including phenoxy) is 6. The van der Waals surface area contributed by atoms with Crippen molar-refractivity contribution in [3.8, 4) is 5.75 Å².